The van der Waals surface area contributed by atoms with Gasteiger partial charge in [-0.25, -0.2) is 0 Å². The van der Waals surface area contributed by atoms with Crippen LogP contribution in [0.1, 0.15) is 21.5 Å². The minimum absolute atomic E-state index is 0.169. The van der Waals surface area contributed by atoms with Gasteiger partial charge in [0.1, 0.15) is 5.75 Å². The fourth-order valence-electron chi connectivity index (χ4n) is 1.83. The molecule has 0 fully saturated rings. The summed E-state index contributed by atoms with van der Waals surface area (Å²) in [6, 6.07) is 10.6. The molecule has 3 nitrogen and oxygen atoms in total. The number of rotatable bonds is 2. The summed E-state index contributed by atoms with van der Waals surface area (Å²) in [5.74, 6) is 0.0960. The fourth-order valence-corrected chi connectivity index (χ4v) is 2.10. The average molecular weight is 320 g/mol. The number of aryl methyl sites for hydroxylation is 2. The first-order valence-corrected chi connectivity index (χ1v) is 6.64. The van der Waals surface area contributed by atoms with E-state index in [2.05, 4.69) is 21.2 Å². The summed E-state index contributed by atoms with van der Waals surface area (Å²) in [7, 11) is 0. The van der Waals surface area contributed by atoms with Crippen molar-refractivity contribution >= 4 is 27.5 Å². The molecule has 0 heterocycles. The molecule has 0 aliphatic heterocycles. The third kappa shape index (κ3) is 3.15. The molecular weight excluding hydrogens is 306 g/mol. The van der Waals surface area contributed by atoms with Crippen LogP contribution in [-0.2, 0) is 0 Å². The Balaban J connectivity index is 2.22. The molecule has 2 aromatic carbocycles. The molecule has 0 bridgehead atoms. The number of aromatic hydroxyl groups is 1. The van der Waals surface area contributed by atoms with E-state index in [1.165, 1.54) is 0 Å². The van der Waals surface area contributed by atoms with E-state index in [0.29, 0.717) is 11.3 Å². The van der Waals surface area contributed by atoms with E-state index in [1.54, 1.807) is 38.1 Å². The van der Waals surface area contributed by atoms with Crippen molar-refractivity contribution in [2.45, 2.75) is 13.8 Å². The molecule has 98 valence electrons. The van der Waals surface area contributed by atoms with Gasteiger partial charge in [-0.1, -0.05) is 15.9 Å². The lowest BCUT2D eigenvalue weighted by Gasteiger charge is -2.09. The van der Waals surface area contributed by atoms with Gasteiger partial charge in [0, 0.05) is 15.7 Å². The lowest BCUT2D eigenvalue weighted by atomic mass is 10.1. The minimum atomic E-state index is -0.169. The van der Waals surface area contributed by atoms with Gasteiger partial charge in [0.05, 0.1) is 0 Å². The largest absolute Gasteiger partial charge is 0.507 e. The first-order chi connectivity index (χ1) is 8.97. The van der Waals surface area contributed by atoms with Crippen molar-refractivity contribution in [3.63, 3.8) is 0 Å². The minimum Gasteiger partial charge on any atom is -0.507 e. The summed E-state index contributed by atoms with van der Waals surface area (Å²) >= 11 is 3.33. The quantitative estimate of drug-likeness (QED) is 0.821. The molecule has 1 amide bonds. The van der Waals surface area contributed by atoms with Crippen LogP contribution in [0.4, 0.5) is 5.69 Å². The van der Waals surface area contributed by atoms with Crippen LogP contribution in [0.5, 0.6) is 5.75 Å². The standard InChI is InChI=1S/C15H14BrNO2/c1-9-7-13(8-10(2)14(9)18)17-15(19)11-3-5-12(16)6-4-11/h3-8,18H,1-2H3,(H,17,19). The Kier molecular flexibility index (Phi) is 3.90. The second kappa shape index (κ2) is 5.45. The van der Waals surface area contributed by atoms with E-state index in [9.17, 15) is 9.90 Å². The van der Waals surface area contributed by atoms with Crippen molar-refractivity contribution in [1.82, 2.24) is 0 Å². The molecule has 19 heavy (non-hydrogen) atoms. The molecule has 0 radical (unpaired) electrons. The molecule has 4 heteroatoms. The maximum atomic E-state index is 12.0. The molecule has 0 spiro atoms. The molecule has 2 aromatic rings. The van der Waals surface area contributed by atoms with Gasteiger partial charge in [-0.05, 0) is 61.4 Å². The number of phenols is 1. The molecule has 0 saturated carbocycles. The Hall–Kier alpha value is -1.81. The molecule has 0 atom stereocenters. The SMILES string of the molecule is Cc1cc(NC(=O)c2ccc(Br)cc2)cc(C)c1O. The van der Waals surface area contributed by atoms with Gasteiger partial charge < -0.3 is 10.4 Å². The summed E-state index contributed by atoms with van der Waals surface area (Å²) in [6.45, 7) is 3.61. The van der Waals surface area contributed by atoms with E-state index in [0.717, 1.165) is 15.6 Å². The highest BCUT2D eigenvalue weighted by Gasteiger charge is 2.08. The van der Waals surface area contributed by atoms with E-state index < -0.39 is 0 Å². The normalized spacial score (nSPS) is 10.3. The topological polar surface area (TPSA) is 49.3 Å². The number of halogens is 1. The number of nitrogens with one attached hydrogen (secondary N) is 1. The Morgan fingerprint density at radius 3 is 2.16 bits per heavy atom. The van der Waals surface area contributed by atoms with Gasteiger partial charge in [0.2, 0.25) is 0 Å². The number of phenolic OH excluding ortho intramolecular Hbond substituents is 1. The maximum Gasteiger partial charge on any atom is 0.255 e. The van der Waals surface area contributed by atoms with Crippen LogP contribution in [-0.4, -0.2) is 11.0 Å². The Bertz CT molecular complexity index is 598. The first kappa shape index (κ1) is 13.6. The lowest BCUT2D eigenvalue weighted by Crippen LogP contribution is -2.11. The van der Waals surface area contributed by atoms with Crippen LogP contribution in [0.15, 0.2) is 40.9 Å². The van der Waals surface area contributed by atoms with E-state index in [1.807, 2.05) is 12.1 Å². The van der Waals surface area contributed by atoms with Crippen LogP contribution in [0.2, 0.25) is 0 Å². The highest BCUT2D eigenvalue weighted by atomic mass is 79.9. The van der Waals surface area contributed by atoms with Crippen LogP contribution < -0.4 is 5.32 Å². The number of carbonyl (C=O) groups is 1. The molecule has 2 N–H and O–H groups in total. The van der Waals surface area contributed by atoms with Gasteiger partial charge >= 0.3 is 0 Å². The van der Waals surface area contributed by atoms with Gasteiger partial charge in [-0.15, -0.1) is 0 Å². The molecule has 0 unspecified atom stereocenters. The van der Waals surface area contributed by atoms with Crippen molar-refractivity contribution in [2.24, 2.45) is 0 Å². The van der Waals surface area contributed by atoms with E-state index in [-0.39, 0.29) is 11.7 Å². The number of hydrogen-bond acceptors (Lipinski definition) is 2. The Morgan fingerprint density at radius 1 is 1.11 bits per heavy atom. The zero-order valence-corrected chi connectivity index (χ0v) is 12.3. The Labute approximate surface area is 120 Å². The van der Waals surface area contributed by atoms with Crippen molar-refractivity contribution < 1.29 is 9.90 Å². The van der Waals surface area contributed by atoms with Gasteiger partial charge in [0.25, 0.3) is 5.91 Å². The molecule has 0 aromatic heterocycles. The fraction of sp³-hybridized carbons (Fsp3) is 0.133. The van der Waals surface area contributed by atoms with Crippen LogP contribution >= 0.6 is 15.9 Å². The molecule has 0 aliphatic rings. The lowest BCUT2D eigenvalue weighted by molar-refractivity contribution is 0.102. The highest BCUT2D eigenvalue weighted by Crippen LogP contribution is 2.25. The van der Waals surface area contributed by atoms with Crippen LogP contribution in [0, 0.1) is 13.8 Å². The molecule has 2 rings (SSSR count). The maximum absolute atomic E-state index is 12.0. The second-order valence-electron chi connectivity index (χ2n) is 4.42. The van der Waals surface area contributed by atoms with Gasteiger partial charge in [-0.2, -0.15) is 0 Å². The zero-order chi connectivity index (χ0) is 14.0. The van der Waals surface area contributed by atoms with E-state index >= 15 is 0 Å². The van der Waals surface area contributed by atoms with Crippen molar-refractivity contribution in [3.8, 4) is 5.75 Å². The van der Waals surface area contributed by atoms with Gasteiger partial charge in [0.15, 0.2) is 0 Å². The van der Waals surface area contributed by atoms with Crippen molar-refractivity contribution in [3.05, 3.63) is 57.6 Å². The number of amides is 1. The number of benzene rings is 2. The van der Waals surface area contributed by atoms with Crippen molar-refractivity contribution in [2.75, 3.05) is 5.32 Å². The third-order valence-corrected chi connectivity index (χ3v) is 3.38. The smallest absolute Gasteiger partial charge is 0.255 e. The molecular formula is C15H14BrNO2. The Morgan fingerprint density at radius 2 is 1.63 bits per heavy atom. The summed E-state index contributed by atoms with van der Waals surface area (Å²) < 4.78 is 0.931. The number of anilines is 1. The zero-order valence-electron chi connectivity index (χ0n) is 10.7. The number of carbonyl (C=O) groups excluding carboxylic acids is 1. The van der Waals surface area contributed by atoms with Crippen LogP contribution in [0.3, 0.4) is 0 Å². The number of hydrogen-bond donors (Lipinski definition) is 2. The van der Waals surface area contributed by atoms with Crippen molar-refractivity contribution in [1.29, 1.82) is 0 Å². The van der Waals surface area contributed by atoms with Crippen LogP contribution in [0.25, 0.3) is 0 Å². The van der Waals surface area contributed by atoms with Gasteiger partial charge in [-0.3, -0.25) is 4.79 Å². The average Bonchev–Trinajstić information content (AvgIpc) is 2.36. The summed E-state index contributed by atoms with van der Waals surface area (Å²) in [5, 5.41) is 12.5. The second-order valence-corrected chi connectivity index (χ2v) is 5.34. The summed E-state index contributed by atoms with van der Waals surface area (Å²) in [5.41, 5.74) is 2.75. The first-order valence-electron chi connectivity index (χ1n) is 5.84. The monoisotopic (exact) mass is 319 g/mol. The molecule has 0 aliphatic carbocycles. The summed E-state index contributed by atoms with van der Waals surface area (Å²) in [4.78, 5) is 12.0. The predicted octanol–water partition coefficient (Wildman–Crippen LogP) is 4.02. The van der Waals surface area contributed by atoms with E-state index in [4.69, 9.17) is 0 Å². The predicted molar refractivity (Wildman–Crippen MR) is 79.7 cm³/mol. The molecule has 0 saturated heterocycles. The summed E-state index contributed by atoms with van der Waals surface area (Å²) in [6.07, 6.45) is 0. The highest BCUT2D eigenvalue weighted by molar-refractivity contribution is 9.10. The third-order valence-electron chi connectivity index (χ3n) is 2.86.